The van der Waals surface area contributed by atoms with Crippen molar-refractivity contribution in [2.75, 3.05) is 37.7 Å². The van der Waals surface area contributed by atoms with Crippen LogP contribution in [0, 0.1) is 23.7 Å². The number of piperidine rings is 2. The lowest BCUT2D eigenvalue weighted by molar-refractivity contribution is 0.0870. The van der Waals surface area contributed by atoms with Crippen LogP contribution in [0.4, 0.5) is 10.6 Å². The Bertz CT molecular complexity index is 1610. The van der Waals surface area contributed by atoms with Gasteiger partial charge < -0.3 is 19.6 Å². The van der Waals surface area contributed by atoms with Gasteiger partial charge >= 0.3 is 6.09 Å². The molecule has 0 radical (unpaired) electrons. The second-order valence-corrected chi connectivity index (χ2v) is 11.9. The summed E-state index contributed by atoms with van der Waals surface area (Å²) in [5, 5.41) is 20.5. The van der Waals surface area contributed by atoms with Gasteiger partial charge in [-0.2, -0.15) is 5.26 Å². The first kappa shape index (κ1) is 29.7. The van der Waals surface area contributed by atoms with Gasteiger partial charge in [0.25, 0.3) is 0 Å². The lowest BCUT2D eigenvalue weighted by atomic mass is 9.80. The zero-order chi connectivity index (χ0) is 28.6. The van der Waals surface area contributed by atoms with Crippen molar-refractivity contribution in [2.24, 2.45) is 5.41 Å². The fourth-order valence-electron chi connectivity index (χ4n) is 6.58. The minimum Gasteiger partial charge on any atom is -0.445 e. The molecule has 0 saturated carbocycles. The van der Waals surface area contributed by atoms with Gasteiger partial charge in [0, 0.05) is 32.8 Å². The minimum absolute atomic E-state index is 0. The molecule has 2 aliphatic heterocycles. The monoisotopic (exact) mass is 587 g/mol. The maximum Gasteiger partial charge on any atom is 0.410 e. The number of aliphatic hydroxyl groups excluding tert-OH is 1. The van der Waals surface area contributed by atoms with E-state index in [4.69, 9.17) is 9.72 Å². The molecule has 0 spiro atoms. The van der Waals surface area contributed by atoms with Crippen molar-refractivity contribution in [1.29, 1.82) is 5.26 Å². The van der Waals surface area contributed by atoms with Crippen molar-refractivity contribution in [1.82, 2.24) is 14.3 Å². The van der Waals surface area contributed by atoms with E-state index >= 15 is 0 Å². The summed E-state index contributed by atoms with van der Waals surface area (Å²) in [5.74, 6) is 1.23. The van der Waals surface area contributed by atoms with Crippen LogP contribution in [0.2, 0.25) is 0 Å². The quantitative estimate of drug-likeness (QED) is 0.299. The Hall–Kier alpha value is -3.80. The zero-order valence-electron chi connectivity index (χ0n) is 24.3. The molecular formula is C33H38ClN5O3. The molecule has 4 heterocycles. The fraction of sp³-hybridized carbons (Fsp3) is 0.424. The third-order valence-electron chi connectivity index (χ3n) is 9.14. The number of imidazole rings is 1. The van der Waals surface area contributed by atoms with Crippen LogP contribution in [-0.2, 0) is 11.3 Å². The Balaban J connectivity index is 0.00000353. The van der Waals surface area contributed by atoms with E-state index in [1.807, 2.05) is 48.5 Å². The van der Waals surface area contributed by atoms with Crippen molar-refractivity contribution in [2.45, 2.75) is 52.1 Å². The van der Waals surface area contributed by atoms with E-state index in [0.29, 0.717) is 24.3 Å². The average Bonchev–Trinajstić information content (AvgIpc) is 3.40. The number of rotatable bonds is 5. The number of fused-ring (bicyclic) bond motifs is 3. The number of para-hydroxylation sites is 2. The van der Waals surface area contributed by atoms with Gasteiger partial charge in [-0.15, -0.1) is 12.4 Å². The van der Waals surface area contributed by atoms with Gasteiger partial charge in [0.2, 0.25) is 0 Å². The van der Waals surface area contributed by atoms with E-state index in [9.17, 15) is 15.2 Å². The van der Waals surface area contributed by atoms with Crippen molar-refractivity contribution in [3.8, 4) is 6.07 Å². The first-order valence-electron chi connectivity index (χ1n) is 14.6. The number of anilines is 1. The maximum atomic E-state index is 12.8. The molecule has 2 fully saturated rings. The number of pyridine rings is 1. The highest BCUT2D eigenvalue weighted by atomic mass is 35.5. The molecule has 2 saturated heterocycles. The molecule has 9 heteroatoms. The number of aromatic nitrogens is 2. The maximum absolute atomic E-state index is 12.8. The first-order valence-corrected chi connectivity index (χ1v) is 14.6. The van der Waals surface area contributed by atoms with Crippen LogP contribution in [0.1, 0.15) is 60.8 Å². The normalized spacial score (nSPS) is 17.2. The average molecular weight is 588 g/mol. The van der Waals surface area contributed by atoms with Gasteiger partial charge in [0.15, 0.2) is 5.65 Å². The molecule has 0 unspecified atom stereocenters. The van der Waals surface area contributed by atoms with Gasteiger partial charge in [-0.25, -0.2) is 9.78 Å². The number of likely N-dealkylation sites (tertiary alicyclic amines) is 1. The summed E-state index contributed by atoms with van der Waals surface area (Å²) in [4.78, 5) is 22.0. The number of carbonyl (C=O) groups is 1. The third kappa shape index (κ3) is 5.39. The fourth-order valence-corrected chi connectivity index (χ4v) is 6.58. The van der Waals surface area contributed by atoms with E-state index < -0.39 is 0 Å². The molecular weight excluding hydrogens is 550 g/mol. The Labute approximate surface area is 252 Å². The Morgan fingerprint density at radius 3 is 2.40 bits per heavy atom. The third-order valence-corrected chi connectivity index (χ3v) is 9.14. The number of ether oxygens (including phenoxy) is 1. The number of benzene rings is 2. The molecule has 1 N–H and O–H groups in total. The SMILES string of the molecule is Cc1c(C2CCN(C(=O)OCc3ccccc3)CC2)c(C#N)c2nc3ccccc3n2c1N1CCC(C)(CO)CC1.Cl. The van der Waals surface area contributed by atoms with Crippen LogP contribution < -0.4 is 4.90 Å². The van der Waals surface area contributed by atoms with E-state index in [2.05, 4.69) is 35.3 Å². The number of hydrogen-bond acceptors (Lipinski definition) is 6. The lowest BCUT2D eigenvalue weighted by Gasteiger charge is -2.41. The summed E-state index contributed by atoms with van der Waals surface area (Å²) in [6.45, 7) is 7.57. The molecule has 0 bridgehead atoms. The Morgan fingerprint density at radius 2 is 1.74 bits per heavy atom. The molecule has 1 amide bonds. The highest BCUT2D eigenvalue weighted by molar-refractivity contribution is 5.86. The van der Waals surface area contributed by atoms with Crippen molar-refractivity contribution >= 4 is 41.0 Å². The van der Waals surface area contributed by atoms with Crippen LogP contribution in [0.3, 0.4) is 0 Å². The number of carbonyl (C=O) groups excluding carboxylic acids is 1. The molecule has 220 valence electrons. The molecule has 4 aromatic rings. The molecule has 2 aromatic carbocycles. The first-order chi connectivity index (χ1) is 19.9. The van der Waals surface area contributed by atoms with Crippen LogP contribution >= 0.6 is 12.4 Å². The van der Waals surface area contributed by atoms with Gasteiger partial charge in [0.1, 0.15) is 18.5 Å². The standard InChI is InChI=1S/C33H37N5O3.ClH/c1-23-29(25-12-16-37(17-13-25)32(40)41-21-24-8-4-3-5-9-24)26(20-34)30-35-27-10-6-7-11-28(27)38(30)31(23)36-18-14-33(2,22-39)15-19-36;/h3-11,25,39H,12-19,21-22H2,1-2H3;1H. The summed E-state index contributed by atoms with van der Waals surface area (Å²) in [6, 6.07) is 20.3. The second-order valence-electron chi connectivity index (χ2n) is 11.9. The number of nitriles is 1. The Morgan fingerprint density at radius 1 is 1.07 bits per heavy atom. The second kappa shape index (κ2) is 12.2. The van der Waals surface area contributed by atoms with Crippen molar-refractivity contribution in [3.05, 3.63) is 76.9 Å². The van der Waals surface area contributed by atoms with Gasteiger partial charge in [-0.1, -0.05) is 49.4 Å². The molecule has 2 aliphatic rings. The summed E-state index contributed by atoms with van der Waals surface area (Å²) in [6.07, 6.45) is 3.02. The number of aliphatic hydroxyl groups is 1. The number of halogens is 1. The largest absolute Gasteiger partial charge is 0.445 e. The minimum atomic E-state index is -0.291. The van der Waals surface area contributed by atoms with Crippen LogP contribution in [0.5, 0.6) is 0 Å². The Kier molecular flexibility index (Phi) is 8.63. The van der Waals surface area contributed by atoms with Crippen molar-refractivity contribution < 1.29 is 14.6 Å². The van der Waals surface area contributed by atoms with Gasteiger partial charge in [0.05, 0.1) is 16.6 Å². The highest BCUT2D eigenvalue weighted by Crippen LogP contribution is 2.42. The smallest absolute Gasteiger partial charge is 0.410 e. The van der Waals surface area contributed by atoms with Crippen molar-refractivity contribution in [3.63, 3.8) is 0 Å². The lowest BCUT2D eigenvalue weighted by Crippen LogP contribution is -2.42. The number of nitrogens with zero attached hydrogens (tertiary/aromatic N) is 5. The van der Waals surface area contributed by atoms with E-state index in [1.54, 1.807) is 4.90 Å². The van der Waals surface area contributed by atoms with Crippen LogP contribution in [0.15, 0.2) is 54.6 Å². The summed E-state index contributed by atoms with van der Waals surface area (Å²) in [7, 11) is 0. The molecule has 6 rings (SSSR count). The van der Waals surface area contributed by atoms with Gasteiger partial charge in [-0.3, -0.25) is 4.40 Å². The molecule has 2 aromatic heterocycles. The number of hydrogen-bond donors (Lipinski definition) is 1. The summed E-state index contributed by atoms with van der Waals surface area (Å²) < 4.78 is 7.76. The van der Waals surface area contributed by atoms with E-state index in [1.165, 1.54) is 0 Å². The molecule has 0 aliphatic carbocycles. The molecule has 42 heavy (non-hydrogen) atoms. The number of amides is 1. The molecule has 8 nitrogen and oxygen atoms in total. The van der Waals surface area contributed by atoms with Crippen LogP contribution in [-0.4, -0.2) is 58.3 Å². The zero-order valence-corrected chi connectivity index (χ0v) is 25.1. The predicted molar refractivity (Wildman–Crippen MR) is 166 cm³/mol. The van der Waals surface area contributed by atoms with Crippen LogP contribution in [0.25, 0.3) is 16.7 Å². The van der Waals surface area contributed by atoms with E-state index in [0.717, 1.165) is 72.3 Å². The molecule has 0 atom stereocenters. The summed E-state index contributed by atoms with van der Waals surface area (Å²) >= 11 is 0. The predicted octanol–water partition coefficient (Wildman–Crippen LogP) is 6.20. The summed E-state index contributed by atoms with van der Waals surface area (Å²) in [5.41, 5.74) is 6.25. The topological polar surface area (TPSA) is 94.1 Å². The van der Waals surface area contributed by atoms with E-state index in [-0.39, 0.29) is 43.0 Å². The van der Waals surface area contributed by atoms with Gasteiger partial charge in [-0.05, 0) is 72.8 Å². The highest BCUT2D eigenvalue weighted by Gasteiger charge is 2.35.